The summed E-state index contributed by atoms with van der Waals surface area (Å²) in [5.74, 6) is -0.115. The third-order valence-corrected chi connectivity index (χ3v) is 3.40. The largest absolute Gasteiger partial charge is 0.322 e. The second-order valence-electron chi connectivity index (χ2n) is 4.03. The summed E-state index contributed by atoms with van der Waals surface area (Å²) in [5, 5.41) is 4.62. The molecule has 4 heteroatoms. The molecule has 2 rings (SSSR count). The predicted octanol–water partition coefficient (Wildman–Crippen LogP) is 3.51. The fourth-order valence-corrected chi connectivity index (χ4v) is 2.24. The Balaban J connectivity index is 2.10. The van der Waals surface area contributed by atoms with Gasteiger partial charge in [-0.15, -0.1) is 11.3 Å². The zero-order chi connectivity index (χ0) is 13.1. The summed E-state index contributed by atoms with van der Waals surface area (Å²) in [7, 11) is 0. The minimum Gasteiger partial charge on any atom is -0.322 e. The van der Waals surface area contributed by atoms with Crippen LogP contribution in [0.4, 0.5) is 5.69 Å². The van der Waals surface area contributed by atoms with E-state index in [1.54, 1.807) is 35.6 Å². The van der Waals surface area contributed by atoms with Crippen LogP contribution in [0.1, 0.15) is 32.5 Å². The van der Waals surface area contributed by atoms with Crippen LogP contribution >= 0.6 is 11.3 Å². The van der Waals surface area contributed by atoms with E-state index in [2.05, 4.69) is 5.32 Å². The number of aryl methyl sites for hydroxylation is 1. The van der Waals surface area contributed by atoms with Gasteiger partial charge in [0.1, 0.15) is 0 Å². The Morgan fingerprint density at radius 1 is 1.11 bits per heavy atom. The standard InChI is InChI=1S/C14H13NO2S/c1-9-7-12(8-18-9)14(17)15-13-5-3-11(4-6-13)10(2)16/h3-8H,1-2H3,(H,15,17). The molecule has 1 N–H and O–H groups in total. The van der Waals surface area contributed by atoms with Crippen LogP contribution in [-0.4, -0.2) is 11.7 Å². The third kappa shape index (κ3) is 2.84. The molecule has 3 nitrogen and oxygen atoms in total. The highest BCUT2D eigenvalue weighted by Crippen LogP contribution is 2.16. The van der Waals surface area contributed by atoms with Crippen LogP contribution in [0.5, 0.6) is 0 Å². The number of carbonyl (C=O) groups is 2. The Labute approximate surface area is 109 Å². The van der Waals surface area contributed by atoms with Crippen molar-refractivity contribution in [2.75, 3.05) is 5.32 Å². The van der Waals surface area contributed by atoms with Gasteiger partial charge in [0.2, 0.25) is 0 Å². The molecule has 0 saturated heterocycles. The highest BCUT2D eigenvalue weighted by atomic mass is 32.1. The first-order valence-electron chi connectivity index (χ1n) is 5.54. The Kier molecular flexibility index (Phi) is 3.58. The summed E-state index contributed by atoms with van der Waals surface area (Å²) in [5.41, 5.74) is 1.99. The van der Waals surface area contributed by atoms with E-state index in [-0.39, 0.29) is 11.7 Å². The summed E-state index contributed by atoms with van der Waals surface area (Å²) in [6.45, 7) is 3.48. The SMILES string of the molecule is CC(=O)c1ccc(NC(=O)c2csc(C)c2)cc1. The molecule has 0 bridgehead atoms. The first-order chi connectivity index (χ1) is 8.56. The van der Waals surface area contributed by atoms with E-state index in [9.17, 15) is 9.59 Å². The van der Waals surface area contributed by atoms with Crippen LogP contribution < -0.4 is 5.32 Å². The average molecular weight is 259 g/mol. The van der Waals surface area contributed by atoms with Crippen molar-refractivity contribution < 1.29 is 9.59 Å². The Bertz CT molecular complexity index is 584. The first-order valence-corrected chi connectivity index (χ1v) is 6.42. The highest BCUT2D eigenvalue weighted by molar-refractivity contribution is 7.10. The molecule has 1 aromatic carbocycles. The second-order valence-corrected chi connectivity index (χ2v) is 5.15. The summed E-state index contributed by atoms with van der Waals surface area (Å²) in [6.07, 6.45) is 0. The van der Waals surface area contributed by atoms with Gasteiger partial charge in [-0.05, 0) is 44.2 Å². The van der Waals surface area contributed by atoms with Crippen molar-refractivity contribution in [3.8, 4) is 0 Å². The fourth-order valence-electron chi connectivity index (χ4n) is 1.55. The number of carbonyl (C=O) groups excluding carboxylic acids is 2. The van der Waals surface area contributed by atoms with Crippen molar-refractivity contribution in [1.29, 1.82) is 0 Å². The van der Waals surface area contributed by atoms with Gasteiger partial charge in [-0.1, -0.05) is 0 Å². The van der Waals surface area contributed by atoms with E-state index in [1.165, 1.54) is 6.92 Å². The second kappa shape index (κ2) is 5.14. The van der Waals surface area contributed by atoms with Gasteiger partial charge in [0.15, 0.2) is 5.78 Å². The van der Waals surface area contributed by atoms with Crippen molar-refractivity contribution in [2.24, 2.45) is 0 Å². The lowest BCUT2D eigenvalue weighted by atomic mass is 10.1. The number of rotatable bonds is 3. The van der Waals surface area contributed by atoms with E-state index in [0.717, 1.165) is 4.88 Å². The normalized spacial score (nSPS) is 10.1. The zero-order valence-corrected chi connectivity index (χ0v) is 11.0. The van der Waals surface area contributed by atoms with Crippen molar-refractivity contribution in [3.05, 3.63) is 51.7 Å². The smallest absolute Gasteiger partial charge is 0.256 e. The van der Waals surface area contributed by atoms with Crippen LogP contribution in [0.2, 0.25) is 0 Å². The number of nitrogens with one attached hydrogen (secondary N) is 1. The average Bonchev–Trinajstić information content (AvgIpc) is 2.76. The number of thiophene rings is 1. The molecule has 1 aromatic heterocycles. The van der Waals surface area contributed by atoms with E-state index in [0.29, 0.717) is 16.8 Å². The summed E-state index contributed by atoms with van der Waals surface area (Å²) in [6, 6.07) is 8.72. The lowest BCUT2D eigenvalue weighted by molar-refractivity contribution is 0.101. The monoisotopic (exact) mass is 259 g/mol. The van der Waals surface area contributed by atoms with Crippen LogP contribution in [0.3, 0.4) is 0 Å². The molecular formula is C14H13NO2S. The van der Waals surface area contributed by atoms with E-state index in [1.807, 2.05) is 18.4 Å². The van der Waals surface area contributed by atoms with Crippen LogP contribution in [0.25, 0.3) is 0 Å². The molecule has 0 fully saturated rings. The van der Waals surface area contributed by atoms with Crippen LogP contribution in [-0.2, 0) is 0 Å². The van der Waals surface area contributed by atoms with Gasteiger partial charge in [-0.25, -0.2) is 0 Å². The molecule has 0 aliphatic heterocycles. The summed E-state index contributed by atoms with van der Waals surface area (Å²) >= 11 is 1.54. The zero-order valence-electron chi connectivity index (χ0n) is 10.2. The molecule has 0 radical (unpaired) electrons. The van der Waals surface area contributed by atoms with Crippen molar-refractivity contribution in [3.63, 3.8) is 0 Å². The van der Waals surface area contributed by atoms with Gasteiger partial charge in [-0.3, -0.25) is 9.59 Å². The number of hydrogen-bond donors (Lipinski definition) is 1. The third-order valence-electron chi connectivity index (χ3n) is 2.54. The number of amides is 1. The molecule has 0 unspecified atom stereocenters. The predicted molar refractivity (Wildman–Crippen MR) is 73.5 cm³/mol. The summed E-state index contributed by atoms with van der Waals surface area (Å²) in [4.78, 5) is 24.1. The highest BCUT2D eigenvalue weighted by Gasteiger charge is 2.08. The maximum absolute atomic E-state index is 11.9. The fraction of sp³-hybridized carbons (Fsp3) is 0.143. The minimum absolute atomic E-state index is 0.0151. The number of ketones is 1. The molecule has 0 atom stereocenters. The molecular weight excluding hydrogens is 246 g/mol. The lowest BCUT2D eigenvalue weighted by Gasteiger charge is -2.04. The van der Waals surface area contributed by atoms with Gasteiger partial charge < -0.3 is 5.32 Å². The van der Waals surface area contributed by atoms with E-state index in [4.69, 9.17) is 0 Å². The topological polar surface area (TPSA) is 46.2 Å². The number of anilines is 1. The number of benzene rings is 1. The van der Waals surface area contributed by atoms with Gasteiger partial charge in [0.05, 0.1) is 5.56 Å². The van der Waals surface area contributed by atoms with Gasteiger partial charge in [0.25, 0.3) is 5.91 Å². The molecule has 0 spiro atoms. The van der Waals surface area contributed by atoms with Crippen molar-refractivity contribution in [1.82, 2.24) is 0 Å². The Morgan fingerprint density at radius 3 is 2.28 bits per heavy atom. The molecule has 1 amide bonds. The van der Waals surface area contributed by atoms with Gasteiger partial charge >= 0.3 is 0 Å². The molecule has 0 aliphatic rings. The Morgan fingerprint density at radius 2 is 1.78 bits per heavy atom. The van der Waals surface area contributed by atoms with Gasteiger partial charge in [0, 0.05) is 21.5 Å². The molecule has 1 heterocycles. The van der Waals surface area contributed by atoms with Crippen LogP contribution in [0, 0.1) is 6.92 Å². The lowest BCUT2D eigenvalue weighted by Crippen LogP contribution is -2.10. The summed E-state index contributed by atoms with van der Waals surface area (Å²) < 4.78 is 0. The maximum atomic E-state index is 11.9. The Hall–Kier alpha value is -1.94. The quantitative estimate of drug-likeness (QED) is 0.857. The molecule has 0 saturated carbocycles. The minimum atomic E-state index is -0.130. The number of hydrogen-bond acceptors (Lipinski definition) is 3. The van der Waals surface area contributed by atoms with Crippen LogP contribution in [0.15, 0.2) is 35.7 Å². The van der Waals surface area contributed by atoms with Crippen molar-refractivity contribution in [2.45, 2.75) is 13.8 Å². The van der Waals surface area contributed by atoms with Gasteiger partial charge in [-0.2, -0.15) is 0 Å². The van der Waals surface area contributed by atoms with Crippen molar-refractivity contribution >= 4 is 28.7 Å². The molecule has 0 aliphatic carbocycles. The van der Waals surface area contributed by atoms with E-state index >= 15 is 0 Å². The molecule has 18 heavy (non-hydrogen) atoms. The molecule has 92 valence electrons. The first kappa shape index (κ1) is 12.5. The molecule has 2 aromatic rings. The maximum Gasteiger partial charge on any atom is 0.256 e. The number of Topliss-reactive ketones (excluding diaryl/α,β-unsaturated/α-hetero) is 1. The van der Waals surface area contributed by atoms with E-state index < -0.39 is 0 Å².